The van der Waals surface area contributed by atoms with Crippen LogP contribution in [0.4, 0.5) is 0 Å². The highest BCUT2D eigenvalue weighted by Crippen LogP contribution is 2.16. The Morgan fingerprint density at radius 3 is 2.58 bits per heavy atom. The maximum atomic E-state index is 6.18. The minimum Gasteiger partial charge on any atom is -0.356 e. The molecule has 0 saturated carbocycles. The van der Waals surface area contributed by atoms with Gasteiger partial charge in [-0.25, -0.2) is 0 Å². The molecule has 1 aliphatic heterocycles. The quantitative estimate of drug-likeness (QED) is 0.383. The molecule has 0 aliphatic carbocycles. The van der Waals surface area contributed by atoms with Crippen LogP contribution >= 0.6 is 35.6 Å². The van der Waals surface area contributed by atoms with E-state index in [4.69, 9.17) is 11.6 Å². The second-order valence-electron chi connectivity index (χ2n) is 6.18. The molecule has 0 radical (unpaired) electrons. The molecule has 2 rings (SSSR count). The molecule has 6 heteroatoms. The fourth-order valence-corrected chi connectivity index (χ4v) is 3.22. The number of hydrogen-bond donors (Lipinski definition) is 2. The van der Waals surface area contributed by atoms with Crippen LogP contribution in [0.2, 0.25) is 5.02 Å². The first-order valence-corrected chi connectivity index (χ1v) is 9.01. The lowest BCUT2D eigenvalue weighted by atomic mass is 9.97. The van der Waals surface area contributed by atoms with Crippen molar-refractivity contribution in [3.8, 4) is 0 Å². The van der Waals surface area contributed by atoms with Gasteiger partial charge in [-0.05, 0) is 56.4 Å². The molecule has 136 valence electrons. The van der Waals surface area contributed by atoms with Crippen molar-refractivity contribution in [2.24, 2.45) is 10.9 Å². The van der Waals surface area contributed by atoms with Crippen LogP contribution in [-0.4, -0.2) is 44.1 Å². The molecule has 2 N–H and O–H groups in total. The third-order valence-electron chi connectivity index (χ3n) is 4.43. The van der Waals surface area contributed by atoms with E-state index in [0.717, 1.165) is 29.0 Å². The summed E-state index contributed by atoms with van der Waals surface area (Å²) in [4.78, 5) is 6.87. The molecule has 0 spiro atoms. The summed E-state index contributed by atoms with van der Waals surface area (Å²) >= 11 is 6.18. The normalized spacial score (nSPS) is 16.5. The van der Waals surface area contributed by atoms with Crippen LogP contribution in [0.3, 0.4) is 0 Å². The van der Waals surface area contributed by atoms with Gasteiger partial charge in [0.1, 0.15) is 0 Å². The highest BCUT2D eigenvalue weighted by molar-refractivity contribution is 14.0. The number of nitrogens with one attached hydrogen (secondary N) is 2. The molecule has 24 heavy (non-hydrogen) atoms. The maximum Gasteiger partial charge on any atom is 0.191 e. The number of guanidine groups is 1. The monoisotopic (exact) mass is 464 g/mol. The van der Waals surface area contributed by atoms with Crippen molar-refractivity contribution >= 4 is 41.5 Å². The number of nitrogens with zero attached hydrogens (tertiary/aromatic N) is 2. The van der Waals surface area contributed by atoms with Crippen LogP contribution in [0.15, 0.2) is 29.3 Å². The van der Waals surface area contributed by atoms with Crippen LogP contribution in [0.1, 0.15) is 31.7 Å². The summed E-state index contributed by atoms with van der Waals surface area (Å²) < 4.78 is 0. The number of rotatable bonds is 6. The fourth-order valence-electron chi connectivity index (χ4n) is 3.01. The van der Waals surface area contributed by atoms with Crippen molar-refractivity contribution in [1.29, 1.82) is 0 Å². The standard InChI is InChI=1S/C18H29ClN4.HI/c1-3-10-23-11-8-15(9-12-23)13-21-18(20-2)22-14-16-6-4-5-7-17(16)19;/h4-7,15H,3,8-14H2,1-2H3,(H2,20,21,22);1H. The Labute approximate surface area is 168 Å². The van der Waals surface area contributed by atoms with Crippen molar-refractivity contribution in [2.75, 3.05) is 33.2 Å². The average molecular weight is 465 g/mol. The second-order valence-corrected chi connectivity index (χ2v) is 6.59. The van der Waals surface area contributed by atoms with Gasteiger partial charge in [0.05, 0.1) is 0 Å². The van der Waals surface area contributed by atoms with E-state index in [2.05, 4.69) is 27.4 Å². The topological polar surface area (TPSA) is 39.7 Å². The zero-order chi connectivity index (χ0) is 16.5. The van der Waals surface area contributed by atoms with Crippen molar-refractivity contribution in [3.63, 3.8) is 0 Å². The third kappa shape index (κ3) is 7.15. The number of piperidine rings is 1. The van der Waals surface area contributed by atoms with Crippen molar-refractivity contribution in [3.05, 3.63) is 34.9 Å². The molecule has 4 nitrogen and oxygen atoms in total. The van der Waals surface area contributed by atoms with Gasteiger partial charge in [0.25, 0.3) is 0 Å². The van der Waals surface area contributed by atoms with Gasteiger partial charge in [0, 0.05) is 25.2 Å². The molecule has 0 atom stereocenters. The van der Waals surface area contributed by atoms with Crippen LogP contribution in [-0.2, 0) is 6.54 Å². The Morgan fingerprint density at radius 2 is 1.96 bits per heavy atom. The molecule has 0 bridgehead atoms. The van der Waals surface area contributed by atoms with Gasteiger partial charge in [0.2, 0.25) is 0 Å². The molecule has 1 aromatic rings. The molecule has 0 aromatic heterocycles. The molecule has 1 saturated heterocycles. The summed E-state index contributed by atoms with van der Waals surface area (Å²) in [6.07, 6.45) is 3.80. The molecule has 0 amide bonds. The van der Waals surface area contributed by atoms with Crippen molar-refractivity contribution in [1.82, 2.24) is 15.5 Å². The van der Waals surface area contributed by atoms with Gasteiger partial charge in [-0.1, -0.05) is 36.7 Å². The van der Waals surface area contributed by atoms with Crippen molar-refractivity contribution < 1.29 is 0 Å². The highest BCUT2D eigenvalue weighted by Gasteiger charge is 2.18. The van der Waals surface area contributed by atoms with E-state index < -0.39 is 0 Å². The van der Waals surface area contributed by atoms with Crippen LogP contribution in [0.25, 0.3) is 0 Å². The SMILES string of the molecule is CCCN1CCC(CNC(=NC)NCc2ccccc2Cl)CC1.I. The Kier molecular flexibility index (Phi) is 10.7. The van der Waals surface area contributed by atoms with E-state index in [9.17, 15) is 0 Å². The number of benzene rings is 1. The largest absolute Gasteiger partial charge is 0.356 e. The van der Waals surface area contributed by atoms with Crippen LogP contribution < -0.4 is 10.6 Å². The summed E-state index contributed by atoms with van der Waals surface area (Å²) in [5, 5.41) is 7.58. The fraction of sp³-hybridized carbons (Fsp3) is 0.611. The molecule has 1 aromatic carbocycles. The van der Waals surface area contributed by atoms with Gasteiger partial charge >= 0.3 is 0 Å². The molecule has 1 aliphatic rings. The number of halogens is 2. The molecular formula is C18H30ClIN4. The number of likely N-dealkylation sites (tertiary alicyclic amines) is 1. The first kappa shape index (κ1) is 21.5. The number of aliphatic imine (C=N–C) groups is 1. The molecule has 1 heterocycles. The highest BCUT2D eigenvalue weighted by atomic mass is 127. The summed E-state index contributed by atoms with van der Waals surface area (Å²) in [5.41, 5.74) is 1.09. The summed E-state index contributed by atoms with van der Waals surface area (Å²) in [6.45, 7) is 7.62. The second kappa shape index (κ2) is 11.9. The van der Waals surface area contributed by atoms with Gasteiger partial charge in [-0.15, -0.1) is 24.0 Å². The van der Waals surface area contributed by atoms with Gasteiger partial charge in [-0.2, -0.15) is 0 Å². The van der Waals surface area contributed by atoms with E-state index in [1.807, 2.05) is 31.3 Å². The first-order chi connectivity index (χ1) is 11.2. The van der Waals surface area contributed by atoms with Gasteiger partial charge < -0.3 is 15.5 Å². The van der Waals surface area contributed by atoms with E-state index in [-0.39, 0.29) is 24.0 Å². The summed E-state index contributed by atoms with van der Waals surface area (Å²) in [7, 11) is 1.81. The minimum atomic E-state index is 0. The Hall–Kier alpha value is -0.530. The van der Waals surface area contributed by atoms with Crippen LogP contribution in [0.5, 0.6) is 0 Å². The third-order valence-corrected chi connectivity index (χ3v) is 4.80. The summed E-state index contributed by atoms with van der Waals surface area (Å²) in [5.74, 6) is 1.59. The maximum absolute atomic E-state index is 6.18. The molecule has 1 fully saturated rings. The zero-order valence-electron chi connectivity index (χ0n) is 14.7. The average Bonchev–Trinajstić information content (AvgIpc) is 2.58. The van der Waals surface area contributed by atoms with Gasteiger partial charge in [-0.3, -0.25) is 4.99 Å². The van der Waals surface area contributed by atoms with Crippen molar-refractivity contribution in [2.45, 2.75) is 32.7 Å². The minimum absolute atomic E-state index is 0. The lowest BCUT2D eigenvalue weighted by molar-refractivity contribution is 0.185. The Balaban J connectivity index is 0.00000288. The Bertz CT molecular complexity index is 502. The first-order valence-electron chi connectivity index (χ1n) is 8.63. The number of hydrogen-bond acceptors (Lipinski definition) is 2. The lowest BCUT2D eigenvalue weighted by Crippen LogP contribution is -2.42. The van der Waals surface area contributed by atoms with E-state index in [0.29, 0.717) is 6.54 Å². The lowest BCUT2D eigenvalue weighted by Gasteiger charge is -2.32. The van der Waals surface area contributed by atoms with E-state index >= 15 is 0 Å². The smallest absolute Gasteiger partial charge is 0.191 e. The predicted molar refractivity (Wildman–Crippen MR) is 115 cm³/mol. The summed E-state index contributed by atoms with van der Waals surface area (Å²) in [6, 6.07) is 7.90. The molecule has 0 unspecified atom stereocenters. The van der Waals surface area contributed by atoms with E-state index in [1.165, 1.54) is 38.9 Å². The van der Waals surface area contributed by atoms with Gasteiger partial charge in [0.15, 0.2) is 5.96 Å². The predicted octanol–water partition coefficient (Wildman–Crippen LogP) is 3.75. The zero-order valence-corrected chi connectivity index (χ0v) is 17.8. The Morgan fingerprint density at radius 1 is 1.25 bits per heavy atom. The molecular weight excluding hydrogens is 435 g/mol. The van der Waals surface area contributed by atoms with Crippen LogP contribution in [0, 0.1) is 5.92 Å². The van der Waals surface area contributed by atoms with E-state index in [1.54, 1.807) is 0 Å².